The molecule has 114 valence electrons. The Labute approximate surface area is 125 Å². The van der Waals surface area contributed by atoms with E-state index in [4.69, 9.17) is 0 Å². The van der Waals surface area contributed by atoms with E-state index >= 15 is 0 Å². The molecule has 0 aliphatic carbocycles. The third kappa shape index (κ3) is 3.10. The van der Waals surface area contributed by atoms with Gasteiger partial charge in [0.15, 0.2) is 0 Å². The van der Waals surface area contributed by atoms with Crippen LogP contribution >= 0.6 is 0 Å². The quantitative estimate of drug-likeness (QED) is 0.919. The molecule has 4 heteroatoms. The van der Waals surface area contributed by atoms with Crippen molar-refractivity contribution in [3.63, 3.8) is 0 Å². The summed E-state index contributed by atoms with van der Waals surface area (Å²) in [6, 6.07) is 7.84. The van der Waals surface area contributed by atoms with Crippen LogP contribution in [0.15, 0.2) is 41.5 Å². The molecule has 1 aromatic carbocycles. The molecule has 2 rings (SSSR count). The first-order valence-electron chi connectivity index (χ1n) is 7.53. The minimum Gasteiger partial charge on any atom is -0.391 e. The van der Waals surface area contributed by atoms with Crippen molar-refractivity contribution < 1.29 is 5.11 Å². The topological polar surface area (TPSA) is 47.2 Å². The van der Waals surface area contributed by atoms with Crippen LogP contribution in [0.2, 0.25) is 0 Å². The van der Waals surface area contributed by atoms with Gasteiger partial charge in [0.25, 0.3) is 0 Å². The molecule has 0 saturated heterocycles. The van der Waals surface area contributed by atoms with Crippen molar-refractivity contribution in [2.75, 3.05) is 0 Å². The van der Waals surface area contributed by atoms with Crippen molar-refractivity contribution in [2.24, 2.45) is 0 Å². The van der Waals surface area contributed by atoms with Crippen LogP contribution in [-0.4, -0.2) is 20.3 Å². The van der Waals surface area contributed by atoms with Gasteiger partial charge >= 0.3 is 5.69 Å². The SMILES string of the molecule is CC[C@@H]([C@@H](C)O)n1ccn(-c2ccc(C(C)C)cc2)c1=O. The van der Waals surface area contributed by atoms with E-state index in [2.05, 4.69) is 26.0 Å². The Balaban J connectivity index is 2.38. The number of imidazole rings is 1. The maximum atomic E-state index is 12.5. The van der Waals surface area contributed by atoms with E-state index < -0.39 is 6.10 Å². The van der Waals surface area contributed by atoms with Gasteiger partial charge in [0, 0.05) is 12.4 Å². The number of aromatic nitrogens is 2. The van der Waals surface area contributed by atoms with Crippen molar-refractivity contribution in [1.82, 2.24) is 9.13 Å². The average Bonchev–Trinajstić information content (AvgIpc) is 2.81. The lowest BCUT2D eigenvalue weighted by Gasteiger charge is -2.18. The number of aliphatic hydroxyl groups excluding tert-OH is 1. The highest BCUT2D eigenvalue weighted by atomic mass is 16.3. The van der Waals surface area contributed by atoms with Crippen molar-refractivity contribution in [3.05, 3.63) is 52.7 Å². The zero-order valence-electron chi connectivity index (χ0n) is 13.2. The summed E-state index contributed by atoms with van der Waals surface area (Å²) in [7, 11) is 0. The van der Waals surface area contributed by atoms with Gasteiger partial charge < -0.3 is 5.11 Å². The summed E-state index contributed by atoms with van der Waals surface area (Å²) in [5.74, 6) is 0.472. The number of hydrogen-bond donors (Lipinski definition) is 1. The van der Waals surface area contributed by atoms with Crippen LogP contribution in [0.5, 0.6) is 0 Å². The van der Waals surface area contributed by atoms with E-state index in [1.165, 1.54) is 5.56 Å². The molecule has 4 nitrogen and oxygen atoms in total. The fourth-order valence-corrected chi connectivity index (χ4v) is 2.63. The van der Waals surface area contributed by atoms with Gasteiger partial charge in [0.05, 0.1) is 17.8 Å². The molecule has 0 unspecified atom stereocenters. The summed E-state index contributed by atoms with van der Waals surface area (Å²) in [6.45, 7) is 7.98. The molecular weight excluding hydrogens is 264 g/mol. The van der Waals surface area contributed by atoms with Crippen LogP contribution in [0.25, 0.3) is 5.69 Å². The Morgan fingerprint density at radius 1 is 1.10 bits per heavy atom. The number of benzene rings is 1. The van der Waals surface area contributed by atoms with Gasteiger partial charge in [-0.1, -0.05) is 32.9 Å². The summed E-state index contributed by atoms with van der Waals surface area (Å²) >= 11 is 0. The lowest BCUT2D eigenvalue weighted by Crippen LogP contribution is -2.31. The second-order valence-electron chi connectivity index (χ2n) is 5.82. The lowest BCUT2D eigenvalue weighted by molar-refractivity contribution is 0.125. The van der Waals surface area contributed by atoms with Crippen LogP contribution in [0, 0.1) is 0 Å². The summed E-state index contributed by atoms with van der Waals surface area (Å²) in [5, 5.41) is 9.80. The number of hydrogen-bond acceptors (Lipinski definition) is 2. The maximum Gasteiger partial charge on any atom is 0.333 e. The van der Waals surface area contributed by atoms with Gasteiger partial charge in [-0.25, -0.2) is 4.79 Å². The molecule has 0 bridgehead atoms. The molecule has 1 heterocycles. The zero-order valence-corrected chi connectivity index (χ0v) is 13.2. The monoisotopic (exact) mass is 288 g/mol. The zero-order chi connectivity index (χ0) is 15.6. The third-order valence-electron chi connectivity index (χ3n) is 3.97. The van der Waals surface area contributed by atoms with E-state index in [0.717, 1.165) is 5.69 Å². The Morgan fingerprint density at radius 3 is 2.19 bits per heavy atom. The molecule has 0 saturated carbocycles. The van der Waals surface area contributed by atoms with E-state index in [0.29, 0.717) is 12.3 Å². The number of rotatable bonds is 5. The largest absolute Gasteiger partial charge is 0.391 e. The van der Waals surface area contributed by atoms with Crippen molar-refractivity contribution >= 4 is 0 Å². The van der Waals surface area contributed by atoms with E-state index in [9.17, 15) is 9.90 Å². The van der Waals surface area contributed by atoms with Crippen LogP contribution in [0.1, 0.15) is 51.6 Å². The molecule has 2 atom stereocenters. The summed E-state index contributed by atoms with van der Waals surface area (Å²) in [4.78, 5) is 12.5. The maximum absolute atomic E-state index is 12.5. The first kappa shape index (κ1) is 15.6. The average molecular weight is 288 g/mol. The molecule has 0 aliphatic rings. The van der Waals surface area contributed by atoms with Crippen molar-refractivity contribution in [1.29, 1.82) is 0 Å². The lowest BCUT2D eigenvalue weighted by atomic mass is 10.0. The van der Waals surface area contributed by atoms with Crippen LogP contribution in [-0.2, 0) is 0 Å². The minimum atomic E-state index is -0.549. The molecule has 0 amide bonds. The smallest absolute Gasteiger partial charge is 0.333 e. The van der Waals surface area contributed by atoms with E-state index in [1.807, 2.05) is 19.1 Å². The number of nitrogens with zero attached hydrogens (tertiary/aromatic N) is 2. The number of aliphatic hydroxyl groups is 1. The molecule has 0 aliphatic heterocycles. The Hall–Kier alpha value is -1.81. The molecule has 21 heavy (non-hydrogen) atoms. The fourth-order valence-electron chi connectivity index (χ4n) is 2.63. The van der Waals surface area contributed by atoms with Crippen molar-refractivity contribution in [2.45, 2.75) is 52.2 Å². The summed E-state index contributed by atoms with van der Waals surface area (Å²) in [6.07, 6.45) is 3.68. The van der Waals surface area contributed by atoms with E-state index in [1.54, 1.807) is 28.5 Å². The standard InChI is InChI=1S/C17H24N2O2/c1-5-16(13(4)20)19-11-10-18(17(19)21)15-8-6-14(7-9-15)12(2)3/h6-13,16,20H,5H2,1-4H3/t13-,16+/m1/s1. The predicted octanol–water partition coefficient (Wildman–Crippen LogP) is 3.09. The first-order valence-corrected chi connectivity index (χ1v) is 7.53. The highest BCUT2D eigenvalue weighted by molar-refractivity contribution is 5.35. The van der Waals surface area contributed by atoms with Gasteiger partial charge in [0.1, 0.15) is 0 Å². The van der Waals surface area contributed by atoms with Gasteiger partial charge in [-0.05, 0) is 37.0 Å². The minimum absolute atomic E-state index is 0.111. The van der Waals surface area contributed by atoms with Crippen LogP contribution < -0.4 is 5.69 Å². The highest BCUT2D eigenvalue weighted by Gasteiger charge is 2.18. The van der Waals surface area contributed by atoms with Crippen molar-refractivity contribution in [3.8, 4) is 5.69 Å². The van der Waals surface area contributed by atoms with Crippen LogP contribution in [0.4, 0.5) is 0 Å². The van der Waals surface area contributed by atoms with Gasteiger partial charge in [-0.2, -0.15) is 0 Å². The Kier molecular flexibility index (Phi) is 4.68. The fraction of sp³-hybridized carbons (Fsp3) is 0.471. The van der Waals surface area contributed by atoms with Gasteiger partial charge in [0.2, 0.25) is 0 Å². The second kappa shape index (κ2) is 6.31. The molecule has 0 spiro atoms. The van der Waals surface area contributed by atoms with E-state index in [-0.39, 0.29) is 11.7 Å². The molecule has 2 aromatic rings. The molecule has 0 radical (unpaired) electrons. The molecule has 1 aromatic heterocycles. The van der Waals surface area contributed by atoms with Crippen LogP contribution in [0.3, 0.4) is 0 Å². The third-order valence-corrected chi connectivity index (χ3v) is 3.97. The summed E-state index contributed by atoms with van der Waals surface area (Å²) in [5.41, 5.74) is 1.99. The normalized spacial score (nSPS) is 14.4. The van der Waals surface area contributed by atoms with Gasteiger partial charge in [-0.15, -0.1) is 0 Å². The Bertz CT molecular complexity index is 636. The predicted molar refractivity (Wildman–Crippen MR) is 85.1 cm³/mol. The van der Waals surface area contributed by atoms with Gasteiger partial charge in [-0.3, -0.25) is 9.13 Å². The molecule has 0 fully saturated rings. The second-order valence-corrected chi connectivity index (χ2v) is 5.82. The first-order chi connectivity index (χ1) is 9.95. The Morgan fingerprint density at radius 2 is 1.71 bits per heavy atom. The summed E-state index contributed by atoms with van der Waals surface area (Å²) < 4.78 is 3.23. The molecular formula is C17H24N2O2. The molecule has 1 N–H and O–H groups in total. The highest BCUT2D eigenvalue weighted by Crippen LogP contribution is 2.17.